The summed E-state index contributed by atoms with van der Waals surface area (Å²) in [7, 11) is 1.63. The van der Waals surface area contributed by atoms with Gasteiger partial charge in [-0.15, -0.1) is 11.3 Å². The average molecular weight is 374 g/mol. The topological polar surface area (TPSA) is 58.6 Å². The monoisotopic (exact) mass is 373 g/mol. The molecule has 1 amide bonds. The van der Waals surface area contributed by atoms with Gasteiger partial charge in [0, 0.05) is 17.8 Å². The molecular weight excluding hydrogens is 346 g/mol. The fraction of sp³-hybridized carbons (Fsp3) is 0.476. The lowest BCUT2D eigenvalue weighted by Crippen LogP contribution is -2.48. The summed E-state index contributed by atoms with van der Waals surface area (Å²) in [6.45, 7) is 2.01. The molecule has 140 valence electrons. The second-order valence-electron chi connectivity index (χ2n) is 7.47. The molecule has 1 saturated carbocycles. The van der Waals surface area contributed by atoms with Crippen LogP contribution >= 0.6 is 11.3 Å². The van der Waals surface area contributed by atoms with Gasteiger partial charge in [-0.05, 0) is 48.9 Å². The van der Waals surface area contributed by atoms with Gasteiger partial charge in [-0.25, -0.2) is 0 Å². The largest absolute Gasteiger partial charge is 0.497 e. The molecule has 0 aliphatic heterocycles. The molecule has 5 heteroatoms. The molecule has 0 radical (unpaired) electrons. The molecule has 1 aliphatic rings. The third-order valence-electron chi connectivity index (χ3n) is 5.26. The number of carbonyl (C=O) groups excluding carboxylic acids is 1. The van der Waals surface area contributed by atoms with Crippen LogP contribution in [-0.2, 0) is 16.6 Å². The van der Waals surface area contributed by atoms with Gasteiger partial charge >= 0.3 is 0 Å². The molecule has 1 aliphatic carbocycles. The summed E-state index contributed by atoms with van der Waals surface area (Å²) in [4.78, 5) is 14.2. The summed E-state index contributed by atoms with van der Waals surface area (Å²) in [5.74, 6) is 0.841. The Morgan fingerprint density at radius 3 is 2.54 bits per heavy atom. The minimum Gasteiger partial charge on any atom is -0.497 e. The molecular formula is C21H27NO3S. The van der Waals surface area contributed by atoms with E-state index in [9.17, 15) is 9.90 Å². The van der Waals surface area contributed by atoms with Crippen molar-refractivity contribution in [1.82, 2.24) is 5.32 Å². The maximum absolute atomic E-state index is 13.0. The first-order valence-corrected chi connectivity index (χ1v) is 10.0. The normalized spacial score (nSPS) is 18.3. The zero-order chi connectivity index (χ0) is 18.6. The standard InChI is InChI=1S/C21H27NO3S/c1-20(24,14-16-7-9-17(25-2)10-8-16)15-22-19(23)21(11-3-4-12-21)18-6-5-13-26-18/h5-10,13,24H,3-4,11-12,14-15H2,1-2H3,(H,22,23). The highest BCUT2D eigenvalue weighted by Crippen LogP contribution is 2.43. The molecule has 0 bridgehead atoms. The van der Waals surface area contributed by atoms with Crippen molar-refractivity contribution in [2.45, 2.75) is 50.0 Å². The van der Waals surface area contributed by atoms with Crippen molar-refractivity contribution >= 4 is 17.2 Å². The Hall–Kier alpha value is -1.85. The van der Waals surface area contributed by atoms with Crippen molar-refractivity contribution in [1.29, 1.82) is 0 Å². The molecule has 4 nitrogen and oxygen atoms in total. The molecule has 3 rings (SSSR count). The first-order chi connectivity index (χ1) is 12.5. The van der Waals surface area contributed by atoms with Gasteiger partial charge < -0.3 is 15.2 Å². The van der Waals surface area contributed by atoms with Crippen LogP contribution in [0.4, 0.5) is 0 Å². The lowest BCUT2D eigenvalue weighted by atomic mass is 9.83. The SMILES string of the molecule is COc1ccc(CC(C)(O)CNC(=O)C2(c3cccs3)CCCC2)cc1. The van der Waals surface area contributed by atoms with Gasteiger partial charge in [0.25, 0.3) is 0 Å². The van der Waals surface area contributed by atoms with E-state index in [1.807, 2.05) is 35.7 Å². The van der Waals surface area contributed by atoms with Gasteiger partial charge in [0.2, 0.25) is 5.91 Å². The molecule has 1 fully saturated rings. The van der Waals surface area contributed by atoms with E-state index in [1.54, 1.807) is 25.4 Å². The number of thiophene rings is 1. The second kappa shape index (κ2) is 7.80. The van der Waals surface area contributed by atoms with Gasteiger partial charge in [-0.2, -0.15) is 0 Å². The van der Waals surface area contributed by atoms with E-state index in [0.29, 0.717) is 6.42 Å². The Morgan fingerprint density at radius 1 is 1.27 bits per heavy atom. The predicted molar refractivity (Wildman–Crippen MR) is 105 cm³/mol. The van der Waals surface area contributed by atoms with Crippen molar-refractivity contribution < 1.29 is 14.6 Å². The number of rotatable bonds is 7. The summed E-state index contributed by atoms with van der Waals surface area (Å²) in [6, 6.07) is 11.7. The van der Waals surface area contributed by atoms with Gasteiger partial charge in [-0.3, -0.25) is 4.79 Å². The lowest BCUT2D eigenvalue weighted by Gasteiger charge is -2.30. The van der Waals surface area contributed by atoms with E-state index in [4.69, 9.17) is 4.74 Å². The van der Waals surface area contributed by atoms with Crippen molar-refractivity contribution in [2.75, 3.05) is 13.7 Å². The number of ether oxygens (including phenoxy) is 1. The number of carbonyl (C=O) groups is 1. The minimum atomic E-state index is -1.00. The number of nitrogens with one attached hydrogen (secondary N) is 1. The highest BCUT2D eigenvalue weighted by atomic mass is 32.1. The molecule has 1 heterocycles. The van der Waals surface area contributed by atoms with Crippen LogP contribution in [0, 0.1) is 0 Å². The van der Waals surface area contributed by atoms with E-state index in [1.165, 1.54) is 0 Å². The maximum Gasteiger partial charge on any atom is 0.231 e. The number of hydrogen-bond donors (Lipinski definition) is 2. The van der Waals surface area contributed by atoms with Crippen molar-refractivity contribution in [3.63, 3.8) is 0 Å². The minimum absolute atomic E-state index is 0.0486. The Labute approximate surface area is 159 Å². The Bertz CT molecular complexity index is 716. The van der Waals surface area contributed by atoms with Gasteiger partial charge in [0.05, 0.1) is 18.1 Å². The summed E-state index contributed by atoms with van der Waals surface area (Å²) < 4.78 is 5.16. The second-order valence-corrected chi connectivity index (χ2v) is 8.42. The number of hydrogen-bond acceptors (Lipinski definition) is 4. The number of methoxy groups -OCH3 is 1. The van der Waals surface area contributed by atoms with E-state index in [0.717, 1.165) is 41.9 Å². The van der Waals surface area contributed by atoms with Crippen molar-refractivity contribution in [2.24, 2.45) is 0 Å². The smallest absolute Gasteiger partial charge is 0.231 e. The lowest BCUT2D eigenvalue weighted by molar-refractivity contribution is -0.127. The first kappa shape index (κ1) is 18.9. The third kappa shape index (κ3) is 4.10. The van der Waals surface area contributed by atoms with Crippen LogP contribution in [0.5, 0.6) is 5.75 Å². The summed E-state index contributed by atoms with van der Waals surface area (Å²) >= 11 is 1.65. The third-order valence-corrected chi connectivity index (χ3v) is 6.33. The van der Waals surface area contributed by atoms with Crippen molar-refractivity contribution in [3.05, 3.63) is 52.2 Å². The van der Waals surface area contributed by atoms with Gasteiger partial charge in [0.1, 0.15) is 5.75 Å². The zero-order valence-corrected chi connectivity index (χ0v) is 16.3. The van der Waals surface area contributed by atoms with Crippen LogP contribution in [0.15, 0.2) is 41.8 Å². The average Bonchev–Trinajstić information content (AvgIpc) is 3.32. The summed E-state index contributed by atoms with van der Waals surface area (Å²) in [5.41, 5.74) is -0.400. The molecule has 2 aromatic rings. The Morgan fingerprint density at radius 2 is 1.96 bits per heavy atom. The molecule has 2 N–H and O–H groups in total. The molecule has 26 heavy (non-hydrogen) atoms. The van der Waals surface area contributed by atoms with Crippen molar-refractivity contribution in [3.8, 4) is 5.75 Å². The zero-order valence-electron chi connectivity index (χ0n) is 15.5. The van der Waals surface area contributed by atoms with Crippen LogP contribution in [0.1, 0.15) is 43.0 Å². The molecule has 0 saturated heterocycles. The summed E-state index contributed by atoms with van der Waals surface area (Å²) in [6.07, 6.45) is 4.41. The van der Waals surface area contributed by atoms with Crippen LogP contribution in [-0.4, -0.2) is 30.3 Å². The van der Waals surface area contributed by atoms with E-state index in [-0.39, 0.29) is 12.5 Å². The van der Waals surface area contributed by atoms with E-state index >= 15 is 0 Å². The highest BCUT2D eigenvalue weighted by molar-refractivity contribution is 7.10. The van der Waals surface area contributed by atoms with Crippen LogP contribution in [0.25, 0.3) is 0 Å². The maximum atomic E-state index is 13.0. The predicted octanol–water partition coefficient (Wildman–Crippen LogP) is 3.68. The molecule has 1 aromatic carbocycles. The van der Waals surface area contributed by atoms with Gasteiger partial charge in [0.15, 0.2) is 0 Å². The molecule has 0 spiro atoms. The van der Waals surface area contributed by atoms with Crippen LogP contribution in [0.2, 0.25) is 0 Å². The fourth-order valence-corrected chi connectivity index (χ4v) is 4.78. The van der Waals surface area contributed by atoms with Crippen LogP contribution < -0.4 is 10.1 Å². The van der Waals surface area contributed by atoms with E-state index in [2.05, 4.69) is 11.4 Å². The Balaban J connectivity index is 1.63. The van der Waals surface area contributed by atoms with Crippen LogP contribution in [0.3, 0.4) is 0 Å². The van der Waals surface area contributed by atoms with E-state index < -0.39 is 11.0 Å². The fourth-order valence-electron chi connectivity index (χ4n) is 3.80. The number of amides is 1. The highest BCUT2D eigenvalue weighted by Gasteiger charge is 2.43. The molecule has 1 aromatic heterocycles. The van der Waals surface area contributed by atoms with Gasteiger partial charge in [-0.1, -0.05) is 31.0 Å². The summed E-state index contributed by atoms with van der Waals surface area (Å²) in [5, 5.41) is 15.8. The first-order valence-electron chi connectivity index (χ1n) is 9.13. The number of aliphatic hydroxyl groups is 1. The molecule has 1 atom stereocenters. The number of benzene rings is 1. The molecule has 1 unspecified atom stereocenters. The quantitative estimate of drug-likeness (QED) is 0.778. The Kier molecular flexibility index (Phi) is 5.68.